The number of sulfone groups is 1. The lowest BCUT2D eigenvalue weighted by Gasteiger charge is -2.21. The SMILES string of the molecule is CCNc1ncc(F)c(N2CCCS(=O)(=O)CC2)n1. The standard InChI is InChI=1S/C11H17FN4O2S/c1-2-13-11-14-8-9(12)10(15-11)16-4-3-6-19(17,18)7-5-16/h8H,2-7H2,1H3,(H,13,14,15). The van der Waals surface area contributed by atoms with Gasteiger partial charge in [-0.1, -0.05) is 0 Å². The van der Waals surface area contributed by atoms with Crippen molar-refractivity contribution in [1.29, 1.82) is 0 Å². The molecule has 1 saturated heterocycles. The van der Waals surface area contributed by atoms with Gasteiger partial charge in [-0.3, -0.25) is 0 Å². The van der Waals surface area contributed by atoms with Crippen LogP contribution in [0.4, 0.5) is 16.2 Å². The highest BCUT2D eigenvalue weighted by molar-refractivity contribution is 7.91. The first kappa shape index (κ1) is 14.0. The lowest BCUT2D eigenvalue weighted by atomic mass is 10.4. The van der Waals surface area contributed by atoms with E-state index in [2.05, 4.69) is 15.3 Å². The van der Waals surface area contributed by atoms with E-state index in [1.807, 2.05) is 6.92 Å². The molecule has 1 aromatic heterocycles. The summed E-state index contributed by atoms with van der Waals surface area (Å²) in [4.78, 5) is 9.61. The first-order chi connectivity index (χ1) is 9.02. The minimum absolute atomic E-state index is 0.0347. The van der Waals surface area contributed by atoms with Crippen molar-refractivity contribution in [2.24, 2.45) is 0 Å². The molecule has 1 aromatic rings. The second-order valence-electron chi connectivity index (χ2n) is 4.39. The summed E-state index contributed by atoms with van der Waals surface area (Å²) in [6.07, 6.45) is 1.60. The number of anilines is 2. The zero-order chi connectivity index (χ0) is 13.9. The minimum atomic E-state index is -3.02. The van der Waals surface area contributed by atoms with Gasteiger partial charge >= 0.3 is 0 Å². The Balaban J connectivity index is 2.23. The molecule has 106 valence electrons. The first-order valence-corrected chi connectivity index (χ1v) is 8.06. The molecular weight excluding hydrogens is 271 g/mol. The molecule has 1 N–H and O–H groups in total. The lowest BCUT2D eigenvalue weighted by Crippen LogP contribution is -2.29. The molecule has 19 heavy (non-hydrogen) atoms. The van der Waals surface area contributed by atoms with Crippen LogP contribution in [0.25, 0.3) is 0 Å². The predicted octanol–water partition coefficient (Wildman–Crippen LogP) is 0.672. The van der Waals surface area contributed by atoms with Crippen LogP contribution in [0.15, 0.2) is 6.20 Å². The zero-order valence-corrected chi connectivity index (χ0v) is 11.6. The van der Waals surface area contributed by atoms with Gasteiger partial charge in [0, 0.05) is 19.6 Å². The van der Waals surface area contributed by atoms with Crippen molar-refractivity contribution in [1.82, 2.24) is 9.97 Å². The third kappa shape index (κ3) is 3.52. The van der Waals surface area contributed by atoms with Gasteiger partial charge in [-0.15, -0.1) is 0 Å². The van der Waals surface area contributed by atoms with E-state index in [9.17, 15) is 12.8 Å². The van der Waals surface area contributed by atoms with Gasteiger partial charge < -0.3 is 10.2 Å². The average molecular weight is 288 g/mol. The molecule has 2 heterocycles. The van der Waals surface area contributed by atoms with E-state index in [0.717, 1.165) is 6.20 Å². The molecule has 0 bridgehead atoms. The summed E-state index contributed by atoms with van der Waals surface area (Å²) in [5.41, 5.74) is 0. The van der Waals surface area contributed by atoms with Crippen molar-refractivity contribution in [3.8, 4) is 0 Å². The molecule has 1 aliphatic heterocycles. The van der Waals surface area contributed by atoms with Gasteiger partial charge in [0.2, 0.25) is 5.95 Å². The quantitative estimate of drug-likeness (QED) is 0.881. The van der Waals surface area contributed by atoms with Crippen molar-refractivity contribution < 1.29 is 12.8 Å². The highest BCUT2D eigenvalue weighted by atomic mass is 32.2. The van der Waals surface area contributed by atoms with E-state index in [-0.39, 0.29) is 23.9 Å². The van der Waals surface area contributed by atoms with Crippen LogP contribution < -0.4 is 10.2 Å². The van der Waals surface area contributed by atoms with Gasteiger partial charge in [-0.2, -0.15) is 4.98 Å². The molecule has 0 amide bonds. The summed E-state index contributed by atoms with van der Waals surface area (Å²) in [6.45, 7) is 3.28. The number of nitrogens with one attached hydrogen (secondary N) is 1. The highest BCUT2D eigenvalue weighted by Gasteiger charge is 2.22. The monoisotopic (exact) mass is 288 g/mol. The molecule has 1 aliphatic rings. The van der Waals surface area contributed by atoms with Crippen LogP contribution in [-0.2, 0) is 9.84 Å². The highest BCUT2D eigenvalue weighted by Crippen LogP contribution is 2.19. The van der Waals surface area contributed by atoms with Crippen LogP contribution in [0.2, 0.25) is 0 Å². The molecule has 1 fully saturated rings. The Morgan fingerprint density at radius 1 is 1.42 bits per heavy atom. The number of rotatable bonds is 3. The maximum Gasteiger partial charge on any atom is 0.224 e. The van der Waals surface area contributed by atoms with Crippen molar-refractivity contribution >= 4 is 21.6 Å². The topological polar surface area (TPSA) is 75.2 Å². The van der Waals surface area contributed by atoms with Gasteiger partial charge in [-0.05, 0) is 13.3 Å². The number of nitrogens with zero attached hydrogens (tertiary/aromatic N) is 3. The molecule has 0 unspecified atom stereocenters. The summed E-state index contributed by atoms with van der Waals surface area (Å²) in [7, 11) is -3.02. The second kappa shape index (κ2) is 5.68. The fourth-order valence-corrected chi connectivity index (χ4v) is 3.25. The normalized spacial score (nSPS) is 18.9. The summed E-state index contributed by atoms with van der Waals surface area (Å²) in [6, 6.07) is 0. The van der Waals surface area contributed by atoms with Crippen LogP contribution in [0.5, 0.6) is 0 Å². The van der Waals surface area contributed by atoms with Gasteiger partial charge in [0.05, 0.1) is 17.7 Å². The van der Waals surface area contributed by atoms with Gasteiger partial charge in [-0.25, -0.2) is 17.8 Å². The van der Waals surface area contributed by atoms with Crippen molar-refractivity contribution in [3.63, 3.8) is 0 Å². The van der Waals surface area contributed by atoms with E-state index in [1.165, 1.54) is 0 Å². The van der Waals surface area contributed by atoms with Crippen molar-refractivity contribution in [2.75, 3.05) is 41.4 Å². The van der Waals surface area contributed by atoms with Crippen LogP contribution in [-0.4, -0.2) is 49.5 Å². The molecule has 0 saturated carbocycles. The summed E-state index contributed by atoms with van der Waals surface area (Å²) >= 11 is 0. The molecule has 0 atom stereocenters. The van der Waals surface area contributed by atoms with Gasteiger partial charge in [0.15, 0.2) is 21.5 Å². The number of aromatic nitrogens is 2. The Morgan fingerprint density at radius 2 is 2.21 bits per heavy atom. The van der Waals surface area contributed by atoms with Crippen LogP contribution in [0.3, 0.4) is 0 Å². The third-order valence-corrected chi connectivity index (χ3v) is 4.63. The Labute approximate surface area is 112 Å². The van der Waals surface area contributed by atoms with Gasteiger partial charge in [0.1, 0.15) is 0 Å². The third-order valence-electron chi connectivity index (χ3n) is 2.92. The van der Waals surface area contributed by atoms with Crippen molar-refractivity contribution in [2.45, 2.75) is 13.3 Å². The summed E-state index contributed by atoms with van der Waals surface area (Å²) in [5, 5.41) is 2.91. The fraction of sp³-hybridized carbons (Fsp3) is 0.636. The van der Waals surface area contributed by atoms with E-state index in [4.69, 9.17) is 0 Å². The molecule has 0 radical (unpaired) electrons. The Morgan fingerprint density at radius 3 is 2.95 bits per heavy atom. The zero-order valence-electron chi connectivity index (χ0n) is 10.8. The van der Waals surface area contributed by atoms with Crippen LogP contribution in [0.1, 0.15) is 13.3 Å². The molecule has 0 spiro atoms. The van der Waals surface area contributed by atoms with E-state index in [1.54, 1.807) is 4.90 Å². The largest absolute Gasteiger partial charge is 0.354 e. The summed E-state index contributed by atoms with van der Waals surface area (Å²) in [5.74, 6) is 0.179. The molecule has 2 rings (SSSR count). The van der Waals surface area contributed by atoms with Crippen molar-refractivity contribution in [3.05, 3.63) is 12.0 Å². The van der Waals surface area contributed by atoms with E-state index >= 15 is 0 Å². The summed E-state index contributed by atoms with van der Waals surface area (Å²) < 4.78 is 36.8. The Bertz CT molecular complexity index is 550. The lowest BCUT2D eigenvalue weighted by molar-refractivity contribution is 0.596. The number of hydrogen-bond donors (Lipinski definition) is 1. The van der Waals surface area contributed by atoms with E-state index in [0.29, 0.717) is 25.5 Å². The molecule has 0 aliphatic carbocycles. The van der Waals surface area contributed by atoms with Gasteiger partial charge in [0.25, 0.3) is 0 Å². The molecule has 8 heteroatoms. The molecular formula is C11H17FN4O2S. The van der Waals surface area contributed by atoms with E-state index < -0.39 is 15.7 Å². The number of halogens is 1. The average Bonchev–Trinajstić information content (AvgIpc) is 2.53. The molecule has 0 aromatic carbocycles. The fourth-order valence-electron chi connectivity index (χ4n) is 1.97. The number of hydrogen-bond acceptors (Lipinski definition) is 6. The van der Waals surface area contributed by atoms with Crippen LogP contribution >= 0.6 is 0 Å². The first-order valence-electron chi connectivity index (χ1n) is 6.23. The predicted molar refractivity (Wildman–Crippen MR) is 71.6 cm³/mol. The van der Waals surface area contributed by atoms with Crippen LogP contribution in [0, 0.1) is 5.82 Å². The Hall–Kier alpha value is -1.44. The minimum Gasteiger partial charge on any atom is -0.354 e. The Kier molecular flexibility index (Phi) is 4.18. The maximum atomic E-state index is 13.8. The second-order valence-corrected chi connectivity index (χ2v) is 6.69. The molecule has 6 nitrogen and oxygen atoms in total. The smallest absolute Gasteiger partial charge is 0.224 e. The maximum absolute atomic E-state index is 13.8.